The summed E-state index contributed by atoms with van der Waals surface area (Å²) < 4.78 is 53.0. The Labute approximate surface area is 270 Å². The van der Waals surface area contributed by atoms with Gasteiger partial charge in [0.2, 0.25) is 0 Å². The standard InChI is InChI=1S/C29H60O11Si4/c1-26(2)28(30)36-21-19-33-15-13-23-41(6,7)38-43(10,11)40-44(12,25-35-18-17-32-5)39-42(8,9)24-14-16-34-20-22-37-29(31)27(3)4/h1,3,13-25H2,2,4-12H3. The van der Waals surface area contributed by atoms with Crippen LogP contribution in [-0.4, -0.2) is 112 Å². The summed E-state index contributed by atoms with van der Waals surface area (Å²) in [6, 6.07) is 1.80. The molecule has 0 amide bonds. The maximum Gasteiger partial charge on any atom is 0.342 e. The third-order valence-electron chi connectivity index (χ3n) is 6.03. The quantitative estimate of drug-likeness (QED) is 0.0471. The molecule has 0 bridgehead atoms. The molecule has 0 heterocycles. The van der Waals surface area contributed by atoms with Gasteiger partial charge in [0.15, 0.2) is 16.6 Å². The van der Waals surface area contributed by atoms with Gasteiger partial charge in [-0.1, -0.05) is 13.2 Å². The Bertz CT molecular complexity index is 883. The second kappa shape index (κ2) is 21.7. The van der Waals surface area contributed by atoms with Gasteiger partial charge in [0.25, 0.3) is 0 Å². The van der Waals surface area contributed by atoms with Crippen molar-refractivity contribution < 1.29 is 50.4 Å². The predicted molar refractivity (Wildman–Crippen MR) is 182 cm³/mol. The molecule has 0 aliphatic carbocycles. The third kappa shape index (κ3) is 22.5. The fourth-order valence-electron chi connectivity index (χ4n) is 4.41. The summed E-state index contributed by atoms with van der Waals surface area (Å²) in [6.45, 7) is 28.6. The monoisotopic (exact) mass is 696 g/mol. The van der Waals surface area contributed by atoms with Crippen molar-refractivity contribution in [1.29, 1.82) is 0 Å². The predicted octanol–water partition coefficient (Wildman–Crippen LogP) is 5.47. The third-order valence-corrected chi connectivity index (χ3v) is 21.7. The van der Waals surface area contributed by atoms with E-state index in [0.717, 1.165) is 24.9 Å². The van der Waals surface area contributed by atoms with Crippen molar-refractivity contribution in [2.24, 2.45) is 0 Å². The van der Waals surface area contributed by atoms with Gasteiger partial charge >= 0.3 is 29.1 Å². The van der Waals surface area contributed by atoms with Crippen LogP contribution in [0, 0.1) is 0 Å². The molecule has 15 heteroatoms. The minimum atomic E-state index is -2.78. The zero-order valence-corrected chi connectivity index (χ0v) is 33.1. The first-order valence-corrected chi connectivity index (χ1v) is 26.9. The smallest absolute Gasteiger partial charge is 0.342 e. The Morgan fingerprint density at radius 1 is 0.568 bits per heavy atom. The van der Waals surface area contributed by atoms with Crippen LogP contribution in [0.5, 0.6) is 0 Å². The SMILES string of the molecule is C=C(C)C(=O)OCCOCCC[Si](C)(C)O[Si](C)(C)O[Si](C)(COCCOC)O[Si](C)(C)CCCOCCOC(=O)C(=C)C. The molecule has 0 aromatic carbocycles. The van der Waals surface area contributed by atoms with E-state index in [-0.39, 0.29) is 13.2 Å². The summed E-state index contributed by atoms with van der Waals surface area (Å²) >= 11 is 0. The molecule has 11 nitrogen and oxygen atoms in total. The van der Waals surface area contributed by atoms with Crippen LogP contribution in [0.1, 0.15) is 26.7 Å². The van der Waals surface area contributed by atoms with Crippen molar-refractivity contribution >= 4 is 45.7 Å². The maximum absolute atomic E-state index is 11.5. The summed E-state index contributed by atoms with van der Waals surface area (Å²) in [5.41, 5.74) is 0.753. The Balaban J connectivity index is 4.92. The van der Waals surface area contributed by atoms with Crippen LogP contribution < -0.4 is 0 Å². The molecule has 0 spiro atoms. The Morgan fingerprint density at radius 2 is 1.00 bits per heavy atom. The van der Waals surface area contributed by atoms with Crippen LogP contribution in [0.4, 0.5) is 0 Å². The number of esters is 2. The lowest BCUT2D eigenvalue weighted by Crippen LogP contribution is -2.60. The molecular weight excluding hydrogens is 637 g/mol. The van der Waals surface area contributed by atoms with Gasteiger partial charge in [-0.05, 0) is 84.6 Å². The molecule has 1 unspecified atom stereocenters. The first kappa shape index (κ1) is 43.0. The molecule has 0 aliphatic rings. The lowest BCUT2D eigenvalue weighted by Gasteiger charge is -2.42. The summed E-state index contributed by atoms with van der Waals surface area (Å²) in [4.78, 5) is 22.9. The Morgan fingerprint density at radius 3 is 1.43 bits per heavy atom. The molecule has 0 radical (unpaired) electrons. The first-order chi connectivity index (χ1) is 20.3. The normalized spacial score (nSPS) is 13.8. The molecule has 0 rings (SSSR count). The molecule has 0 fully saturated rings. The van der Waals surface area contributed by atoms with Crippen LogP contribution >= 0.6 is 0 Å². The number of hydrogen-bond donors (Lipinski definition) is 0. The van der Waals surface area contributed by atoms with Crippen molar-refractivity contribution in [3.63, 3.8) is 0 Å². The van der Waals surface area contributed by atoms with Gasteiger partial charge in [-0.25, -0.2) is 9.59 Å². The van der Waals surface area contributed by atoms with E-state index in [1.54, 1.807) is 21.0 Å². The highest BCUT2D eigenvalue weighted by Crippen LogP contribution is 2.28. The van der Waals surface area contributed by atoms with Crippen LogP contribution in [0.3, 0.4) is 0 Å². The highest BCUT2D eigenvalue weighted by Gasteiger charge is 2.46. The fourth-order valence-corrected chi connectivity index (χ4v) is 23.4. The first-order valence-electron chi connectivity index (χ1n) is 15.3. The van der Waals surface area contributed by atoms with E-state index >= 15 is 0 Å². The molecular formula is C29H60O11Si4. The summed E-state index contributed by atoms with van der Waals surface area (Å²) in [6.07, 6.45) is 2.07. The highest BCUT2D eigenvalue weighted by molar-refractivity contribution is 6.89. The zero-order chi connectivity index (χ0) is 33.9. The van der Waals surface area contributed by atoms with E-state index < -0.39 is 45.7 Å². The van der Waals surface area contributed by atoms with E-state index in [1.165, 1.54) is 0 Å². The van der Waals surface area contributed by atoms with Crippen LogP contribution in [-0.2, 0) is 50.4 Å². The van der Waals surface area contributed by atoms with Gasteiger partial charge in [-0.2, -0.15) is 0 Å². The van der Waals surface area contributed by atoms with Crippen molar-refractivity contribution in [2.75, 3.05) is 66.2 Å². The Kier molecular flexibility index (Phi) is 21.2. The minimum Gasteiger partial charge on any atom is -0.460 e. The molecule has 258 valence electrons. The van der Waals surface area contributed by atoms with Gasteiger partial charge in [0.1, 0.15) is 13.2 Å². The zero-order valence-electron chi connectivity index (χ0n) is 29.1. The number of hydrogen-bond acceptors (Lipinski definition) is 11. The van der Waals surface area contributed by atoms with Gasteiger partial charge in [0.05, 0.1) is 32.7 Å². The number of ether oxygens (including phenoxy) is 6. The lowest BCUT2D eigenvalue weighted by atomic mass is 10.4. The minimum absolute atomic E-state index is 0.208. The molecule has 0 N–H and O–H groups in total. The maximum atomic E-state index is 11.5. The molecule has 0 aromatic heterocycles. The molecule has 44 heavy (non-hydrogen) atoms. The van der Waals surface area contributed by atoms with Gasteiger partial charge in [-0.15, -0.1) is 0 Å². The van der Waals surface area contributed by atoms with E-state index in [0.29, 0.717) is 57.0 Å². The molecule has 1 atom stereocenters. The molecule has 0 aromatic rings. The van der Waals surface area contributed by atoms with Crippen LogP contribution in [0.25, 0.3) is 0 Å². The highest BCUT2D eigenvalue weighted by atomic mass is 28.5. The lowest BCUT2D eigenvalue weighted by molar-refractivity contribution is -0.141. The number of methoxy groups -OCH3 is 1. The van der Waals surface area contributed by atoms with E-state index in [1.807, 2.05) is 0 Å². The molecule has 0 aliphatic heterocycles. The average molecular weight is 697 g/mol. The van der Waals surface area contributed by atoms with Gasteiger partial charge in [-0.3, -0.25) is 0 Å². The van der Waals surface area contributed by atoms with Crippen LogP contribution in [0.2, 0.25) is 57.9 Å². The van der Waals surface area contributed by atoms with Gasteiger partial charge in [0, 0.05) is 31.5 Å². The summed E-state index contributed by atoms with van der Waals surface area (Å²) in [5.74, 6) is -0.805. The van der Waals surface area contributed by atoms with Crippen molar-refractivity contribution in [2.45, 2.75) is 84.6 Å². The fraction of sp³-hybridized carbons (Fsp3) is 0.793. The van der Waals surface area contributed by atoms with E-state index in [4.69, 9.17) is 40.8 Å². The summed E-state index contributed by atoms with van der Waals surface area (Å²) in [7, 11) is -7.93. The van der Waals surface area contributed by atoms with Crippen molar-refractivity contribution in [3.05, 3.63) is 24.3 Å². The number of carbonyl (C=O) groups is 2. The second-order valence-electron chi connectivity index (χ2n) is 12.7. The largest absolute Gasteiger partial charge is 0.460 e. The number of carbonyl (C=O) groups excluding carboxylic acids is 2. The van der Waals surface area contributed by atoms with E-state index in [2.05, 4.69) is 59.0 Å². The van der Waals surface area contributed by atoms with Crippen LogP contribution in [0.15, 0.2) is 24.3 Å². The average Bonchev–Trinajstić information content (AvgIpc) is 2.88. The molecule has 0 saturated heterocycles. The topological polar surface area (TPSA) is 117 Å². The number of rotatable bonds is 27. The van der Waals surface area contributed by atoms with Crippen molar-refractivity contribution in [3.8, 4) is 0 Å². The van der Waals surface area contributed by atoms with Gasteiger partial charge < -0.3 is 40.8 Å². The second-order valence-corrected chi connectivity index (χ2v) is 28.5. The Hall–Kier alpha value is -0.992. The van der Waals surface area contributed by atoms with E-state index in [9.17, 15) is 9.59 Å². The van der Waals surface area contributed by atoms with Crippen molar-refractivity contribution in [1.82, 2.24) is 0 Å². The molecule has 0 saturated carbocycles. The summed E-state index contributed by atoms with van der Waals surface area (Å²) in [5, 5.41) is 0.